The summed E-state index contributed by atoms with van der Waals surface area (Å²) < 4.78 is 42.3. The summed E-state index contributed by atoms with van der Waals surface area (Å²) in [6.45, 7) is 1.46. The third-order valence-corrected chi connectivity index (χ3v) is 5.34. The molecule has 0 saturated heterocycles. The van der Waals surface area contributed by atoms with Gasteiger partial charge in [-0.1, -0.05) is 47.6 Å². The van der Waals surface area contributed by atoms with Crippen LogP contribution in [-0.2, 0) is 11.0 Å². The SMILES string of the molecule is CC(Sc1nnc(-c2cccc(Cl)c2)n1-c1ccccc1C(F)(F)F)C(=O)NC(N)=O. The van der Waals surface area contributed by atoms with Gasteiger partial charge >= 0.3 is 12.2 Å². The second kappa shape index (κ2) is 8.98. The topological polar surface area (TPSA) is 103 Å². The first-order valence-electron chi connectivity index (χ1n) is 8.73. The molecule has 0 radical (unpaired) electrons. The molecule has 1 atom stereocenters. The molecule has 1 heterocycles. The maximum absolute atomic E-state index is 13.7. The zero-order chi connectivity index (χ0) is 22.8. The summed E-state index contributed by atoms with van der Waals surface area (Å²) in [5.74, 6) is -0.621. The van der Waals surface area contributed by atoms with E-state index in [4.69, 9.17) is 17.3 Å². The normalized spacial score (nSPS) is 12.4. The zero-order valence-corrected chi connectivity index (χ0v) is 17.4. The van der Waals surface area contributed by atoms with Crippen molar-refractivity contribution in [2.24, 2.45) is 5.73 Å². The molecule has 3 N–H and O–H groups in total. The number of carbonyl (C=O) groups excluding carboxylic acids is 2. The predicted molar refractivity (Wildman–Crippen MR) is 110 cm³/mol. The molecule has 0 saturated carbocycles. The molecule has 0 spiro atoms. The summed E-state index contributed by atoms with van der Waals surface area (Å²) in [6.07, 6.45) is -4.65. The number of primary amides is 1. The van der Waals surface area contributed by atoms with Crippen LogP contribution in [0.1, 0.15) is 12.5 Å². The van der Waals surface area contributed by atoms with Crippen LogP contribution in [0.15, 0.2) is 53.7 Å². The van der Waals surface area contributed by atoms with Crippen LogP contribution >= 0.6 is 23.4 Å². The molecule has 0 aliphatic carbocycles. The van der Waals surface area contributed by atoms with Crippen LogP contribution in [0, 0.1) is 0 Å². The van der Waals surface area contributed by atoms with E-state index in [1.54, 1.807) is 18.2 Å². The van der Waals surface area contributed by atoms with E-state index in [0.29, 0.717) is 10.6 Å². The van der Waals surface area contributed by atoms with Gasteiger partial charge in [0.15, 0.2) is 11.0 Å². The van der Waals surface area contributed by atoms with Gasteiger partial charge in [0.1, 0.15) is 0 Å². The minimum absolute atomic E-state index is 0.0128. The summed E-state index contributed by atoms with van der Waals surface area (Å²) in [6, 6.07) is 10.3. The molecule has 0 fully saturated rings. The van der Waals surface area contributed by atoms with Gasteiger partial charge in [0.2, 0.25) is 5.91 Å². The monoisotopic (exact) mass is 469 g/mol. The number of hydrogen-bond acceptors (Lipinski definition) is 5. The molecular formula is C19H15ClF3N5O2S. The van der Waals surface area contributed by atoms with Crippen LogP contribution in [0.25, 0.3) is 17.1 Å². The lowest BCUT2D eigenvalue weighted by Crippen LogP contribution is -2.39. The average molecular weight is 470 g/mol. The molecule has 2 aromatic carbocycles. The first-order valence-corrected chi connectivity index (χ1v) is 9.98. The van der Waals surface area contributed by atoms with E-state index in [0.717, 1.165) is 17.8 Å². The number of alkyl halides is 3. The summed E-state index contributed by atoms with van der Waals surface area (Å²) in [7, 11) is 0. The number of nitrogens with one attached hydrogen (secondary N) is 1. The van der Waals surface area contributed by atoms with Gasteiger partial charge in [0, 0.05) is 10.6 Å². The molecular weight excluding hydrogens is 455 g/mol. The van der Waals surface area contributed by atoms with Crippen molar-refractivity contribution in [3.8, 4) is 17.1 Å². The van der Waals surface area contributed by atoms with Crippen molar-refractivity contribution >= 4 is 35.3 Å². The van der Waals surface area contributed by atoms with Crippen molar-refractivity contribution in [2.45, 2.75) is 23.5 Å². The molecule has 3 aromatic rings. The minimum atomic E-state index is -4.65. The van der Waals surface area contributed by atoms with E-state index in [9.17, 15) is 22.8 Å². The second-order valence-electron chi connectivity index (χ2n) is 6.28. The quantitative estimate of drug-likeness (QED) is 0.543. The zero-order valence-electron chi connectivity index (χ0n) is 15.9. The molecule has 3 rings (SSSR count). The Morgan fingerprint density at radius 3 is 2.52 bits per heavy atom. The largest absolute Gasteiger partial charge is 0.418 e. The highest BCUT2D eigenvalue weighted by Gasteiger charge is 2.35. The van der Waals surface area contributed by atoms with Crippen LogP contribution in [0.2, 0.25) is 5.02 Å². The van der Waals surface area contributed by atoms with E-state index in [1.165, 1.54) is 35.8 Å². The van der Waals surface area contributed by atoms with Gasteiger partial charge in [0.25, 0.3) is 0 Å². The van der Waals surface area contributed by atoms with Crippen molar-refractivity contribution in [3.05, 3.63) is 59.1 Å². The standard InChI is InChI=1S/C19H15ClF3N5O2S/c1-10(16(29)25-17(24)30)31-18-27-26-15(11-5-4-6-12(20)9-11)28(18)14-8-3-2-7-13(14)19(21,22)23/h2-10H,1H3,(H3,24,25,29,30). The van der Waals surface area contributed by atoms with Crippen LogP contribution in [0.5, 0.6) is 0 Å². The molecule has 1 aromatic heterocycles. The smallest absolute Gasteiger partial charge is 0.351 e. The van der Waals surface area contributed by atoms with Crippen molar-refractivity contribution in [2.75, 3.05) is 0 Å². The number of thioether (sulfide) groups is 1. The number of urea groups is 1. The number of amides is 3. The molecule has 3 amide bonds. The predicted octanol–water partition coefficient (Wildman–Crippen LogP) is 4.28. The Balaban J connectivity index is 2.17. The summed E-state index contributed by atoms with van der Waals surface area (Å²) >= 11 is 6.86. The highest BCUT2D eigenvalue weighted by Crippen LogP contribution is 2.38. The van der Waals surface area contributed by atoms with Crippen molar-refractivity contribution in [1.29, 1.82) is 0 Å². The summed E-state index contributed by atoms with van der Waals surface area (Å²) in [5.41, 5.74) is 4.26. The number of halogens is 4. The van der Waals surface area contributed by atoms with Gasteiger partial charge in [-0.15, -0.1) is 10.2 Å². The number of benzene rings is 2. The lowest BCUT2D eigenvalue weighted by Gasteiger charge is -2.17. The number of carbonyl (C=O) groups is 2. The van der Waals surface area contributed by atoms with Gasteiger partial charge in [-0.2, -0.15) is 13.2 Å². The Bertz CT molecular complexity index is 1140. The van der Waals surface area contributed by atoms with E-state index in [2.05, 4.69) is 10.2 Å². The third kappa shape index (κ3) is 5.17. The number of para-hydroxylation sites is 1. The highest BCUT2D eigenvalue weighted by atomic mass is 35.5. The Hall–Kier alpha value is -3.05. The lowest BCUT2D eigenvalue weighted by molar-refractivity contribution is -0.137. The Morgan fingerprint density at radius 1 is 1.16 bits per heavy atom. The fourth-order valence-corrected chi connectivity index (χ4v) is 3.77. The summed E-state index contributed by atoms with van der Waals surface area (Å²) in [5, 5.41) is 9.43. The molecule has 31 heavy (non-hydrogen) atoms. The fourth-order valence-electron chi connectivity index (χ4n) is 2.72. The maximum Gasteiger partial charge on any atom is 0.418 e. The third-order valence-electron chi connectivity index (χ3n) is 4.06. The van der Waals surface area contributed by atoms with E-state index in [1.807, 2.05) is 5.32 Å². The van der Waals surface area contributed by atoms with Crippen LogP contribution < -0.4 is 11.1 Å². The van der Waals surface area contributed by atoms with Gasteiger partial charge in [0.05, 0.1) is 16.5 Å². The van der Waals surface area contributed by atoms with Crippen LogP contribution in [0.4, 0.5) is 18.0 Å². The number of nitrogens with zero attached hydrogens (tertiary/aromatic N) is 3. The van der Waals surface area contributed by atoms with Crippen LogP contribution in [-0.4, -0.2) is 32.0 Å². The molecule has 0 aliphatic rings. The van der Waals surface area contributed by atoms with Crippen molar-refractivity contribution in [1.82, 2.24) is 20.1 Å². The molecule has 0 bridgehead atoms. The molecule has 7 nitrogen and oxygen atoms in total. The Morgan fingerprint density at radius 2 is 1.87 bits per heavy atom. The van der Waals surface area contributed by atoms with Gasteiger partial charge in [-0.25, -0.2) is 4.79 Å². The number of hydrogen-bond donors (Lipinski definition) is 2. The number of nitrogens with two attached hydrogens (primary N) is 1. The average Bonchev–Trinajstić information content (AvgIpc) is 3.10. The molecule has 0 aliphatic heterocycles. The summed E-state index contributed by atoms with van der Waals surface area (Å²) in [4.78, 5) is 23.0. The first kappa shape index (κ1) is 22.6. The van der Waals surface area contributed by atoms with Crippen molar-refractivity contribution < 1.29 is 22.8 Å². The van der Waals surface area contributed by atoms with Gasteiger partial charge in [-0.05, 0) is 31.2 Å². The lowest BCUT2D eigenvalue weighted by atomic mass is 10.1. The molecule has 162 valence electrons. The number of imide groups is 1. The maximum atomic E-state index is 13.7. The fraction of sp³-hybridized carbons (Fsp3) is 0.158. The Labute approximate surface area is 183 Å². The number of rotatable bonds is 5. The van der Waals surface area contributed by atoms with E-state index in [-0.39, 0.29) is 16.7 Å². The molecule has 1 unspecified atom stereocenters. The highest BCUT2D eigenvalue weighted by molar-refractivity contribution is 8.00. The van der Waals surface area contributed by atoms with E-state index >= 15 is 0 Å². The molecule has 12 heteroatoms. The minimum Gasteiger partial charge on any atom is -0.351 e. The number of aromatic nitrogens is 3. The Kier molecular flexibility index (Phi) is 6.56. The second-order valence-corrected chi connectivity index (χ2v) is 8.02. The van der Waals surface area contributed by atoms with Gasteiger partial charge in [-0.3, -0.25) is 14.7 Å². The van der Waals surface area contributed by atoms with Crippen LogP contribution in [0.3, 0.4) is 0 Å². The van der Waals surface area contributed by atoms with Crippen molar-refractivity contribution in [3.63, 3.8) is 0 Å². The first-order chi connectivity index (χ1) is 14.6. The van der Waals surface area contributed by atoms with E-state index < -0.39 is 28.9 Å². The van der Waals surface area contributed by atoms with Gasteiger partial charge < -0.3 is 5.73 Å².